The average molecular weight is 1540 g/mol. The summed E-state index contributed by atoms with van der Waals surface area (Å²) in [6.45, 7) is 12.0. The number of esters is 4. The second-order valence-corrected chi connectivity index (χ2v) is 35.0. The van der Waals surface area contributed by atoms with Gasteiger partial charge in [-0.3, -0.25) is 37.3 Å². The highest BCUT2D eigenvalue weighted by Crippen LogP contribution is 2.45. The fourth-order valence-electron chi connectivity index (χ4n) is 13.3. The van der Waals surface area contributed by atoms with Crippen molar-refractivity contribution in [3.63, 3.8) is 0 Å². The Labute approximate surface area is 645 Å². The van der Waals surface area contributed by atoms with E-state index in [-0.39, 0.29) is 25.7 Å². The Hall–Kier alpha value is -1.94. The van der Waals surface area contributed by atoms with Gasteiger partial charge in [0.1, 0.15) is 19.3 Å². The number of aliphatic hydroxyl groups is 1. The summed E-state index contributed by atoms with van der Waals surface area (Å²) >= 11 is 0. The molecular formula is C86H168O17P2. The van der Waals surface area contributed by atoms with Gasteiger partial charge in [-0.05, 0) is 43.4 Å². The highest BCUT2D eigenvalue weighted by molar-refractivity contribution is 7.47. The van der Waals surface area contributed by atoms with Crippen molar-refractivity contribution >= 4 is 39.5 Å². The van der Waals surface area contributed by atoms with Gasteiger partial charge in [0.15, 0.2) is 12.2 Å². The van der Waals surface area contributed by atoms with Crippen LogP contribution in [0, 0.1) is 17.8 Å². The lowest BCUT2D eigenvalue weighted by Gasteiger charge is -2.21. The van der Waals surface area contributed by atoms with E-state index in [1.54, 1.807) is 0 Å². The van der Waals surface area contributed by atoms with Crippen LogP contribution in [0.3, 0.4) is 0 Å². The van der Waals surface area contributed by atoms with Gasteiger partial charge in [-0.1, -0.05) is 402 Å². The number of carbonyl (C=O) groups is 4. The van der Waals surface area contributed by atoms with Crippen LogP contribution in [-0.2, 0) is 65.4 Å². The molecule has 6 atom stereocenters. The Morgan fingerprint density at radius 3 is 0.724 bits per heavy atom. The van der Waals surface area contributed by atoms with Crippen LogP contribution in [0.4, 0.5) is 0 Å². The minimum atomic E-state index is -4.97. The highest BCUT2D eigenvalue weighted by atomic mass is 31.2. The molecule has 0 heterocycles. The fourth-order valence-corrected chi connectivity index (χ4v) is 14.9. The number of hydrogen-bond acceptors (Lipinski definition) is 15. The van der Waals surface area contributed by atoms with Crippen LogP contribution in [0.2, 0.25) is 0 Å². The third kappa shape index (κ3) is 78.5. The number of ether oxygens (including phenoxy) is 4. The van der Waals surface area contributed by atoms with Crippen molar-refractivity contribution < 1.29 is 80.2 Å². The van der Waals surface area contributed by atoms with Gasteiger partial charge < -0.3 is 33.8 Å². The Balaban J connectivity index is 5.27. The van der Waals surface area contributed by atoms with Crippen molar-refractivity contribution in [3.05, 3.63) is 0 Å². The van der Waals surface area contributed by atoms with E-state index in [0.717, 1.165) is 108 Å². The van der Waals surface area contributed by atoms with E-state index in [0.29, 0.717) is 25.7 Å². The highest BCUT2D eigenvalue weighted by Gasteiger charge is 2.30. The normalized spacial score (nSPS) is 14.1. The molecule has 0 aromatic carbocycles. The first-order chi connectivity index (χ1) is 50.8. The number of aliphatic hydroxyl groups excluding tert-OH is 1. The molecule has 0 aliphatic rings. The molecule has 0 aromatic rings. The van der Waals surface area contributed by atoms with Crippen LogP contribution in [-0.4, -0.2) is 96.7 Å². The molecule has 3 N–H and O–H groups in total. The number of hydrogen-bond donors (Lipinski definition) is 3. The van der Waals surface area contributed by atoms with Crippen molar-refractivity contribution in [3.8, 4) is 0 Å². The maximum atomic E-state index is 13.1. The first kappa shape index (κ1) is 103. The predicted molar refractivity (Wildman–Crippen MR) is 432 cm³/mol. The summed E-state index contributed by atoms with van der Waals surface area (Å²) in [6, 6.07) is 0. The standard InChI is InChI=1S/C86H168O17P2/c1-8-10-11-12-13-14-15-16-17-18-19-22-28-33-38-46-53-60-67-83(88)96-73-81(102-85(90)69-62-55-48-39-34-29-23-20-21-26-31-36-43-50-57-64-77(3)4)75-100-104(92,93)98-71-80(87)72-99-105(94,95)101-76-82(74-97-84(89)68-61-54-47-42-41-45-52-59-66-79(7)9-2)103-86(91)70-63-56-49-40-35-30-25-24-27-32-37-44-51-58-65-78(5)6/h77-82,87H,8-76H2,1-7H3,(H,92,93)(H,94,95)/t79?,80-,81-,82-/m1/s1. The summed E-state index contributed by atoms with van der Waals surface area (Å²) in [4.78, 5) is 73.3. The van der Waals surface area contributed by atoms with Crippen molar-refractivity contribution in [1.82, 2.24) is 0 Å². The molecular weight excluding hydrogens is 1370 g/mol. The van der Waals surface area contributed by atoms with Gasteiger partial charge in [0.05, 0.1) is 26.4 Å². The van der Waals surface area contributed by atoms with Gasteiger partial charge >= 0.3 is 39.5 Å². The van der Waals surface area contributed by atoms with Gasteiger partial charge in [-0.25, -0.2) is 9.13 Å². The number of carbonyl (C=O) groups excluding carboxylic acids is 4. The molecule has 0 saturated heterocycles. The SMILES string of the molecule is CCCCCCCCCCCCCCCCCCCCC(=O)OC[C@H](COP(=O)(O)OC[C@@H](O)COP(=O)(O)OC[C@@H](COC(=O)CCCCCCCCCCC(C)CC)OC(=O)CCCCCCCCCCCCCCCCC(C)C)OC(=O)CCCCCCCCCCCCCCCCCC(C)C. The molecule has 0 rings (SSSR count). The topological polar surface area (TPSA) is 237 Å². The summed E-state index contributed by atoms with van der Waals surface area (Å²) in [7, 11) is -9.93. The van der Waals surface area contributed by atoms with Crippen molar-refractivity contribution in [1.29, 1.82) is 0 Å². The van der Waals surface area contributed by atoms with Crippen molar-refractivity contribution in [2.75, 3.05) is 39.6 Å². The smallest absolute Gasteiger partial charge is 0.462 e. The molecule has 0 saturated carbocycles. The average Bonchev–Trinajstić information content (AvgIpc) is 0.905. The summed E-state index contributed by atoms with van der Waals surface area (Å²) in [5.41, 5.74) is 0. The lowest BCUT2D eigenvalue weighted by molar-refractivity contribution is -0.161. The molecule has 19 heteroatoms. The monoisotopic (exact) mass is 1540 g/mol. The number of phosphoric ester groups is 2. The zero-order valence-electron chi connectivity index (χ0n) is 69.2. The maximum Gasteiger partial charge on any atom is 0.472 e. The third-order valence-corrected chi connectivity index (χ3v) is 22.4. The van der Waals surface area contributed by atoms with Crippen LogP contribution >= 0.6 is 15.6 Å². The number of rotatable bonds is 84. The lowest BCUT2D eigenvalue weighted by Crippen LogP contribution is -2.30. The predicted octanol–water partition coefficient (Wildman–Crippen LogP) is 26.1. The molecule has 0 aliphatic carbocycles. The van der Waals surface area contributed by atoms with Gasteiger partial charge in [0, 0.05) is 25.7 Å². The zero-order chi connectivity index (χ0) is 77.2. The first-order valence-electron chi connectivity index (χ1n) is 44.4. The number of unbranched alkanes of at least 4 members (excludes halogenated alkanes) is 51. The van der Waals surface area contributed by atoms with E-state index < -0.39 is 97.5 Å². The van der Waals surface area contributed by atoms with E-state index in [4.69, 9.17) is 37.0 Å². The van der Waals surface area contributed by atoms with Gasteiger partial charge in [0.25, 0.3) is 0 Å². The zero-order valence-corrected chi connectivity index (χ0v) is 71.0. The van der Waals surface area contributed by atoms with E-state index >= 15 is 0 Å². The minimum Gasteiger partial charge on any atom is -0.462 e. The molecule has 17 nitrogen and oxygen atoms in total. The van der Waals surface area contributed by atoms with Crippen molar-refractivity contribution in [2.24, 2.45) is 17.8 Å². The Bertz CT molecular complexity index is 2030. The van der Waals surface area contributed by atoms with E-state index in [1.807, 2.05) is 0 Å². The molecule has 105 heavy (non-hydrogen) atoms. The number of phosphoric acid groups is 2. The van der Waals surface area contributed by atoms with Gasteiger partial charge in [-0.15, -0.1) is 0 Å². The van der Waals surface area contributed by atoms with Crippen LogP contribution in [0.25, 0.3) is 0 Å². The van der Waals surface area contributed by atoms with Crippen LogP contribution < -0.4 is 0 Å². The van der Waals surface area contributed by atoms with Crippen molar-refractivity contribution in [2.45, 2.75) is 471 Å². The molecule has 0 aliphatic heterocycles. The molecule has 0 radical (unpaired) electrons. The summed E-state index contributed by atoms with van der Waals surface area (Å²) < 4.78 is 68.9. The second-order valence-electron chi connectivity index (χ2n) is 32.1. The molecule has 0 bridgehead atoms. The van der Waals surface area contributed by atoms with Crippen LogP contribution in [0.15, 0.2) is 0 Å². The molecule has 0 spiro atoms. The molecule has 0 amide bonds. The van der Waals surface area contributed by atoms with Crippen LogP contribution in [0.5, 0.6) is 0 Å². The van der Waals surface area contributed by atoms with E-state index in [1.165, 1.54) is 263 Å². The summed E-state index contributed by atoms with van der Waals surface area (Å²) in [5, 5.41) is 10.7. The molecule has 3 unspecified atom stereocenters. The second kappa shape index (κ2) is 76.1. The lowest BCUT2D eigenvalue weighted by atomic mass is 9.99. The van der Waals surface area contributed by atoms with Crippen LogP contribution in [0.1, 0.15) is 453 Å². The third-order valence-electron chi connectivity index (χ3n) is 20.5. The summed E-state index contributed by atoms with van der Waals surface area (Å²) in [5.74, 6) is 0.272. The molecule has 624 valence electrons. The minimum absolute atomic E-state index is 0.107. The Morgan fingerprint density at radius 2 is 0.486 bits per heavy atom. The van der Waals surface area contributed by atoms with E-state index in [2.05, 4.69) is 48.5 Å². The Kier molecular flexibility index (Phi) is 74.7. The summed E-state index contributed by atoms with van der Waals surface area (Å²) in [6.07, 6.45) is 66.5. The van der Waals surface area contributed by atoms with Gasteiger partial charge in [0.2, 0.25) is 0 Å². The molecule has 0 fully saturated rings. The Morgan fingerprint density at radius 1 is 0.276 bits per heavy atom. The fraction of sp³-hybridized carbons (Fsp3) is 0.953. The van der Waals surface area contributed by atoms with Gasteiger partial charge in [-0.2, -0.15) is 0 Å². The largest absolute Gasteiger partial charge is 0.472 e. The first-order valence-corrected chi connectivity index (χ1v) is 47.4. The quantitative estimate of drug-likeness (QED) is 0.0222. The molecule has 0 aromatic heterocycles. The van der Waals surface area contributed by atoms with E-state index in [9.17, 15) is 43.2 Å². The maximum absolute atomic E-state index is 13.1.